The number of hydrogen-bond donors (Lipinski definition) is 1. The molecule has 0 spiro atoms. The smallest absolute Gasteiger partial charge is 0.0703 e. The summed E-state index contributed by atoms with van der Waals surface area (Å²) in [4.78, 5) is 0. The lowest BCUT2D eigenvalue weighted by Crippen LogP contribution is -2.34. The van der Waals surface area contributed by atoms with Crippen molar-refractivity contribution in [3.63, 3.8) is 0 Å². The Bertz CT molecular complexity index is 304. The molecule has 1 atom stereocenters. The lowest BCUT2D eigenvalue weighted by Gasteiger charge is -2.29. The van der Waals surface area contributed by atoms with E-state index in [0.29, 0.717) is 11.8 Å². The molecule has 2 rings (SSSR count). The summed E-state index contributed by atoms with van der Waals surface area (Å²) in [6, 6.07) is 0. The predicted molar refractivity (Wildman–Crippen MR) is 105 cm³/mol. The van der Waals surface area contributed by atoms with Crippen molar-refractivity contribution in [3.05, 3.63) is 0 Å². The van der Waals surface area contributed by atoms with Crippen LogP contribution in [0.2, 0.25) is 0 Å². The van der Waals surface area contributed by atoms with Crippen LogP contribution < -0.4 is 0 Å². The summed E-state index contributed by atoms with van der Waals surface area (Å²) in [6.07, 6.45) is 23.2. The molecule has 0 radical (unpaired) electrons. The quantitative estimate of drug-likeness (QED) is 0.294. The van der Waals surface area contributed by atoms with Gasteiger partial charge in [-0.2, -0.15) is 0 Å². The summed E-state index contributed by atoms with van der Waals surface area (Å²) in [5, 5.41) is 11.0. The van der Waals surface area contributed by atoms with Crippen LogP contribution in [0.15, 0.2) is 0 Å². The third-order valence-corrected chi connectivity index (χ3v) is 6.66. The van der Waals surface area contributed by atoms with Crippen LogP contribution in [0.5, 0.6) is 0 Å². The van der Waals surface area contributed by atoms with Crippen molar-refractivity contribution < 1.29 is 5.11 Å². The van der Waals surface area contributed by atoms with Crippen molar-refractivity contribution in [2.75, 3.05) is 0 Å². The lowest BCUT2D eigenvalue weighted by atomic mass is 9.83. The van der Waals surface area contributed by atoms with Crippen molar-refractivity contribution in [1.29, 1.82) is 0 Å². The van der Waals surface area contributed by atoms with Gasteiger partial charge in [-0.25, -0.2) is 0 Å². The first-order chi connectivity index (χ1) is 11.7. The first kappa shape index (κ1) is 20.3. The minimum absolute atomic E-state index is 0.258. The van der Waals surface area contributed by atoms with Crippen LogP contribution in [-0.4, -0.2) is 10.7 Å². The summed E-state index contributed by atoms with van der Waals surface area (Å²) in [7, 11) is 0. The van der Waals surface area contributed by atoms with Crippen molar-refractivity contribution in [1.82, 2.24) is 0 Å². The van der Waals surface area contributed by atoms with Crippen LogP contribution in [0.1, 0.15) is 123 Å². The van der Waals surface area contributed by atoms with E-state index in [1.54, 1.807) is 0 Å². The van der Waals surface area contributed by atoms with E-state index in [1.165, 1.54) is 103 Å². The van der Waals surface area contributed by atoms with Crippen LogP contribution in [0.25, 0.3) is 0 Å². The zero-order chi connectivity index (χ0) is 17.3. The topological polar surface area (TPSA) is 20.2 Å². The molecular weight excluding hydrogens is 292 g/mol. The molecule has 0 heterocycles. The number of rotatable bonds is 16. The zero-order valence-electron chi connectivity index (χ0n) is 16.7. The molecule has 142 valence electrons. The minimum atomic E-state index is -0.258. The van der Waals surface area contributed by atoms with Gasteiger partial charge in [0.25, 0.3) is 0 Å². The molecule has 2 saturated carbocycles. The van der Waals surface area contributed by atoms with Crippen LogP contribution in [0.3, 0.4) is 0 Å². The largest absolute Gasteiger partial charge is 0.389 e. The van der Waals surface area contributed by atoms with Crippen molar-refractivity contribution in [3.8, 4) is 0 Å². The summed E-state index contributed by atoms with van der Waals surface area (Å²) in [5.41, 5.74) is -0.258. The van der Waals surface area contributed by atoms with E-state index >= 15 is 0 Å². The maximum absolute atomic E-state index is 11.0. The molecule has 1 nitrogen and oxygen atoms in total. The molecule has 0 aromatic heterocycles. The molecule has 2 aliphatic carbocycles. The molecule has 1 N–H and O–H groups in total. The standard InChI is InChI=1S/C23H44O/c1-3-4-5-6-7-8-9-10-11-12-13-20(2)18-19-23(24,21-14-15-21)22-16-17-22/h20-22,24H,3-19H2,1-2H3/t20-/m0/s1. The van der Waals surface area contributed by atoms with Crippen LogP contribution in [0.4, 0.5) is 0 Å². The van der Waals surface area contributed by atoms with Gasteiger partial charge < -0.3 is 5.11 Å². The molecule has 2 aliphatic rings. The van der Waals surface area contributed by atoms with Gasteiger partial charge in [0.1, 0.15) is 0 Å². The molecule has 0 aliphatic heterocycles. The Labute approximate surface area is 152 Å². The van der Waals surface area contributed by atoms with E-state index in [9.17, 15) is 5.11 Å². The van der Waals surface area contributed by atoms with Crippen molar-refractivity contribution in [2.45, 2.75) is 129 Å². The van der Waals surface area contributed by atoms with E-state index < -0.39 is 0 Å². The summed E-state index contributed by atoms with van der Waals surface area (Å²) < 4.78 is 0. The van der Waals surface area contributed by atoms with Crippen molar-refractivity contribution in [2.24, 2.45) is 17.8 Å². The fraction of sp³-hybridized carbons (Fsp3) is 1.00. The molecule has 1 heteroatoms. The minimum Gasteiger partial charge on any atom is -0.389 e. The third kappa shape index (κ3) is 7.46. The van der Waals surface area contributed by atoms with Crippen LogP contribution >= 0.6 is 0 Å². The van der Waals surface area contributed by atoms with Gasteiger partial charge in [0.15, 0.2) is 0 Å². The number of unbranched alkanes of at least 4 members (excludes halogenated alkanes) is 9. The third-order valence-electron chi connectivity index (χ3n) is 6.66. The fourth-order valence-electron chi connectivity index (χ4n) is 4.51. The molecule has 0 aromatic rings. The van der Waals surface area contributed by atoms with Gasteiger partial charge in [0.2, 0.25) is 0 Å². The molecule has 0 aromatic carbocycles. The molecular formula is C23H44O. The second kappa shape index (κ2) is 10.8. The lowest BCUT2D eigenvalue weighted by molar-refractivity contribution is -0.0180. The predicted octanol–water partition coefficient (Wildman–Crippen LogP) is 7.26. The van der Waals surface area contributed by atoms with Gasteiger partial charge in [0.05, 0.1) is 5.60 Å². The summed E-state index contributed by atoms with van der Waals surface area (Å²) in [5.74, 6) is 2.13. The molecule has 0 unspecified atom stereocenters. The van der Waals surface area contributed by atoms with E-state index in [-0.39, 0.29) is 5.60 Å². The van der Waals surface area contributed by atoms with E-state index in [2.05, 4.69) is 13.8 Å². The summed E-state index contributed by atoms with van der Waals surface area (Å²) in [6.45, 7) is 4.70. The van der Waals surface area contributed by atoms with Gasteiger partial charge >= 0.3 is 0 Å². The maximum atomic E-state index is 11.0. The molecule has 24 heavy (non-hydrogen) atoms. The van der Waals surface area contributed by atoms with Gasteiger partial charge in [-0.15, -0.1) is 0 Å². The van der Waals surface area contributed by atoms with Crippen LogP contribution in [0, 0.1) is 17.8 Å². The van der Waals surface area contributed by atoms with Crippen LogP contribution in [-0.2, 0) is 0 Å². The Morgan fingerprint density at radius 1 is 0.750 bits per heavy atom. The zero-order valence-corrected chi connectivity index (χ0v) is 16.7. The molecule has 0 saturated heterocycles. The van der Waals surface area contributed by atoms with Gasteiger partial charge in [-0.1, -0.05) is 84.5 Å². The average Bonchev–Trinajstić information content (AvgIpc) is 3.45. The second-order valence-corrected chi connectivity index (χ2v) is 9.15. The Kier molecular flexibility index (Phi) is 9.16. The fourth-order valence-corrected chi connectivity index (χ4v) is 4.51. The van der Waals surface area contributed by atoms with E-state index in [1.807, 2.05) is 0 Å². The first-order valence-corrected chi connectivity index (χ1v) is 11.4. The normalized spacial score (nSPS) is 19.6. The van der Waals surface area contributed by atoms with Gasteiger partial charge in [-0.05, 0) is 56.3 Å². The summed E-state index contributed by atoms with van der Waals surface area (Å²) >= 11 is 0. The number of aliphatic hydroxyl groups is 1. The van der Waals surface area contributed by atoms with Gasteiger partial charge in [-0.3, -0.25) is 0 Å². The number of hydrogen-bond acceptors (Lipinski definition) is 1. The SMILES string of the molecule is CCCCCCCCCCCC[C@H](C)CCC(O)(C1CC1)C1CC1. The van der Waals surface area contributed by atoms with Gasteiger partial charge in [0, 0.05) is 0 Å². The Hall–Kier alpha value is -0.0400. The second-order valence-electron chi connectivity index (χ2n) is 9.15. The first-order valence-electron chi connectivity index (χ1n) is 11.4. The molecule has 0 amide bonds. The highest BCUT2D eigenvalue weighted by molar-refractivity contribution is 5.03. The maximum Gasteiger partial charge on any atom is 0.0703 e. The highest BCUT2D eigenvalue weighted by atomic mass is 16.3. The Morgan fingerprint density at radius 3 is 1.67 bits per heavy atom. The monoisotopic (exact) mass is 336 g/mol. The van der Waals surface area contributed by atoms with Crippen molar-refractivity contribution >= 4 is 0 Å². The van der Waals surface area contributed by atoms with E-state index in [4.69, 9.17) is 0 Å². The highest BCUT2D eigenvalue weighted by Crippen LogP contribution is 2.54. The Balaban J connectivity index is 1.40. The Morgan fingerprint density at radius 2 is 1.21 bits per heavy atom. The average molecular weight is 337 g/mol. The molecule has 2 fully saturated rings. The van der Waals surface area contributed by atoms with E-state index in [0.717, 1.165) is 12.3 Å². The highest BCUT2D eigenvalue weighted by Gasteiger charge is 2.52. The molecule has 0 bridgehead atoms.